The van der Waals surface area contributed by atoms with Crippen molar-refractivity contribution in [3.8, 4) is 0 Å². The monoisotopic (exact) mass is 323 g/mol. The van der Waals surface area contributed by atoms with Crippen LogP contribution in [-0.2, 0) is 5.60 Å². The Bertz CT molecular complexity index is 647. The Morgan fingerprint density at radius 2 is 1.92 bits per heavy atom. The van der Waals surface area contributed by atoms with Gasteiger partial charge in [-0.05, 0) is 34.6 Å². The second-order valence-electron chi connectivity index (χ2n) is 6.40. The predicted octanol–water partition coefficient (Wildman–Crippen LogP) is 4.72. The van der Waals surface area contributed by atoms with Crippen LogP contribution in [0, 0.1) is 5.92 Å². The number of benzene rings is 1. The molecule has 1 unspecified atom stereocenters. The maximum absolute atomic E-state index is 11.1. The van der Waals surface area contributed by atoms with E-state index in [1.165, 1.54) is 11.1 Å². The molecule has 0 spiro atoms. The average molecular weight is 323 g/mol. The van der Waals surface area contributed by atoms with Crippen LogP contribution in [0.5, 0.6) is 0 Å². The van der Waals surface area contributed by atoms with E-state index in [1.807, 2.05) is 24.3 Å². The van der Waals surface area contributed by atoms with Gasteiger partial charge in [-0.15, -0.1) is 0 Å². The third-order valence-electron chi connectivity index (χ3n) is 5.01. The van der Waals surface area contributed by atoms with Crippen LogP contribution in [0.1, 0.15) is 44.2 Å². The van der Waals surface area contributed by atoms with Crippen LogP contribution in [0.25, 0.3) is 5.57 Å². The van der Waals surface area contributed by atoms with Crippen molar-refractivity contribution in [2.45, 2.75) is 38.7 Å². The van der Waals surface area contributed by atoms with E-state index in [1.54, 1.807) is 0 Å². The van der Waals surface area contributed by atoms with Gasteiger partial charge in [0, 0.05) is 6.54 Å². The molecular formula is C22H29NO. The lowest BCUT2D eigenvalue weighted by Crippen LogP contribution is -2.41. The third-order valence-corrected chi connectivity index (χ3v) is 5.01. The van der Waals surface area contributed by atoms with E-state index >= 15 is 0 Å². The van der Waals surface area contributed by atoms with Crippen LogP contribution in [-0.4, -0.2) is 11.7 Å². The standard InChI is InChI=1S/C22H29NO/c1-4-8-17-9-7-10-19(15-17)18-11-13-21(14-12-18)22(24,16-23)20(5-2)6-3/h4,7-8,10-15,20,24H,1,5-6,9,16,23H2,2-3H3/b17-8+. The second-order valence-corrected chi connectivity index (χ2v) is 6.40. The summed E-state index contributed by atoms with van der Waals surface area (Å²) in [5.41, 5.74) is 9.47. The summed E-state index contributed by atoms with van der Waals surface area (Å²) in [4.78, 5) is 0. The van der Waals surface area contributed by atoms with Crippen molar-refractivity contribution in [1.82, 2.24) is 0 Å². The molecule has 0 radical (unpaired) electrons. The molecule has 0 bridgehead atoms. The zero-order valence-corrected chi connectivity index (χ0v) is 14.8. The summed E-state index contributed by atoms with van der Waals surface area (Å²) in [6.07, 6.45) is 13.1. The van der Waals surface area contributed by atoms with Gasteiger partial charge in [0.05, 0.1) is 0 Å². The summed E-state index contributed by atoms with van der Waals surface area (Å²) >= 11 is 0. The molecule has 0 heterocycles. The van der Waals surface area contributed by atoms with Crippen LogP contribution < -0.4 is 5.73 Å². The molecule has 1 aliphatic rings. The summed E-state index contributed by atoms with van der Waals surface area (Å²) in [5, 5.41) is 11.1. The van der Waals surface area contributed by atoms with Crippen molar-refractivity contribution in [2.75, 3.05) is 6.54 Å². The van der Waals surface area contributed by atoms with Gasteiger partial charge in [-0.1, -0.05) is 87.9 Å². The molecule has 0 saturated heterocycles. The summed E-state index contributed by atoms with van der Waals surface area (Å²) in [5.74, 6) is 0.171. The SMILES string of the molecule is C=C/C=C1/C=C(c2ccc(C(O)(CN)C(CC)CC)cc2)C=CC1. The highest BCUT2D eigenvalue weighted by Crippen LogP contribution is 2.34. The van der Waals surface area contributed by atoms with Gasteiger partial charge in [0.15, 0.2) is 0 Å². The fourth-order valence-corrected chi connectivity index (χ4v) is 3.51. The molecule has 2 heteroatoms. The minimum absolute atomic E-state index is 0.171. The Morgan fingerprint density at radius 1 is 1.25 bits per heavy atom. The van der Waals surface area contributed by atoms with Crippen molar-refractivity contribution in [3.05, 3.63) is 77.9 Å². The number of allylic oxidation sites excluding steroid dienone is 7. The molecule has 1 aromatic rings. The van der Waals surface area contributed by atoms with Crippen LogP contribution >= 0.6 is 0 Å². The minimum atomic E-state index is -0.952. The molecule has 1 aromatic carbocycles. The van der Waals surface area contributed by atoms with Crippen molar-refractivity contribution in [1.29, 1.82) is 0 Å². The van der Waals surface area contributed by atoms with Crippen molar-refractivity contribution in [3.63, 3.8) is 0 Å². The van der Waals surface area contributed by atoms with Gasteiger partial charge in [-0.2, -0.15) is 0 Å². The summed E-state index contributed by atoms with van der Waals surface area (Å²) < 4.78 is 0. The van der Waals surface area contributed by atoms with E-state index in [4.69, 9.17) is 5.73 Å². The Morgan fingerprint density at radius 3 is 2.46 bits per heavy atom. The largest absolute Gasteiger partial charge is 0.384 e. The molecule has 1 atom stereocenters. The van der Waals surface area contributed by atoms with Crippen LogP contribution in [0.15, 0.2) is 66.8 Å². The van der Waals surface area contributed by atoms with Gasteiger partial charge in [0.1, 0.15) is 5.60 Å². The summed E-state index contributed by atoms with van der Waals surface area (Å²) in [7, 11) is 0. The van der Waals surface area contributed by atoms with Gasteiger partial charge >= 0.3 is 0 Å². The van der Waals surface area contributed by atoms with E-state index in [0.717, 1.165) is 30.4 Å². The first kappa shape index (κ1) is 18.4. The molecule has 1 aliphatic carbocycles. The number of nitrogens with two attached hydrogens (primary N) is 1. The lowest BCUT2D eigenvalue weighted by molar-refractivity contribution is -0.0190. The highest BCUT2D eigenvalue weighted by molar-refractivity contribution is 5.77. The average Bonchev–Trinajstić information content (AvgIpc) is 2.63. The molecule has 24 heavy (non-hydrogen) atoms. The van der Waals surface area contributed by atoms with Crippen LogP contribution in [0.4, 0.5) is 0 Å². The fourth-order valence-electron chi connectivity index (χ4n) is 3.51. The van der Waals surface area contributed by atoms with Crippen molar-refractivity contribution >= 4 is 5.57 Å². The van der Waals surface area contributed by atoms with E-state index in [9.17, 15) is 5.11 Å². The van der Waals surface area contributed by atoms with Gasteiger partial charge in [-0.3, -0.25) is 0 Å². The Kier molecular flexibility index (Phi) is 6.36. The highest BCUT2D eigenvalue weighted by atomic mass is 16.3. The second kappa shape index (κ2) is 8.27. The molecule has 128 valence electrons. The summed E-state index contributed by atoms with van der Waals surface area (Å²) in [6, 6.07) is 8.18. The molecule has 0 saturated carbocycles. The number of hydrogen-bond donors (Lipinski definition) is 2. The Balaban J connectivity index is 2.32. The first-order valence-electron chi connectivity index (χ1n) is 8.82. The maximum Gasteiger partial charge on any atom is 0.105 e. The number of aliphatic hydroxyl groups is 1. The van der Waals surface area contributed by atoms with Crippen molar-refractivity contribution in [2.24, 2.45) is 11.7 Å². The van der Waals surface area contributed by atoms with Gasteiger partial charge in [0.2, 0.25) is 0 Å². The van der Waals surface area contributed by atoms with Crippen LogP contribution in [0.2, 0.25) is 0 Å². The minimum Gasteiger partial charge on any atom is -0.384 e. The molecule has 0 aliphatic heterocycles. The van der Waals surface area contributed by atoms with E-state index in [0.29, 0.717) is 0 Å². The van der Waals surface area contributed by atoms with Gasteiger partial charge in [-0.25, -0.2) is 0 Å². The molecule has 0 amide bonds. The highest BCUT2D eigenvalue weighted by Gasteiger charge is 2.34. The summed E-state index contributed by atoms with van der Waals surface area (Å²) in [6.45, 7) is 8.22. The maximum atomic E-state index is 11.1. The third kappa shape index (κ3) is 3.77. The van der Waals surface area contributed by atoms with Crippen molar-refractivity contribution < 1.29 is 5.11 Å². The van der Waals surface area contributed by atoms with Gasteiger partial charge in [0.25, 0.3) is 0 Å². The fraction of sp³-hybridized carbons (Fsp3) is 0.364. The lowest BCUT2D eigenvalue weighted by Gasteiger charge is -2.35. The zero-order chi connectivity index (χ0) is 17.6. The molecule has 0 fully saturated rings. The number of hydrogen-bond acceptors (Lipinski definition) is 2. The molecule has 2 rings (SSSR count). The quantitative estimate of drug-likeness (QED) is 0.762. The molecular weight excluding hydrogens is 294 g/mol. The van der Waals surface area contributed by atoms with E-state index in [2.05, 4.69) is 50.8 Å². The number of rotatable bonds is 7. The Labute approximate surface area is 146 Å². The van der Waals surface area contributed by atoms with E-state index in [-0.39, 0.29) is 12.5 Å². The first-order valence-corrected chi connectivity index (χ1v) is 8.82. The van der Waals surface area contributed by atoms with Gasteiger partial charge < -0.3 is 10.8 Å². The lowest BCUT2D eigenvalue weighted by atomic mass is 9.78. The molecule has 3 N–H and O–H groups in total. The molecule has 2 nitrogen and oxygen atoms in total. The first-order chi connectivity index (χ1) is 11.6. The Hall–Kier alpha value is -1.90. The smallest absolute Gasteiger partial charge is 0.105 e. The normalized spacial score (nSPS) is 18.5. The zero-order valence-electron chi connectivity index (χ0n) is 14.8. The van der Waals surface area contributed by atoms with E-state index < -0.39 is 5.60 Å². The predicted molar refractivity (Wildman–Crippen MR) is 103 cm³/mol. The topological polar surface area (TPSA) is 46.2 Å². The molecule has 0 aromatic heterocycles. The van der Waals surface area contributed by atoms with Crippen LogP contribution in [0.3, 0.4) is 0 Å².